The fourth-order valence-corrected chi connectivity index (χ4v) is 2.82. The molecular weight excluding hydrogens is 254 g/mol. The van der Waals surface area contributed by atoms with Crippen LogP contribution in [0.2, 0.25) is 0 Å². The summed E-state index contributed by atoms with van der Waals surface area (Å²) in [4.78, 5) is 10.9. The Balaban J connectivity index is 1.79. The second-order valence-electron chi connectivity index (χ2n) is 5.43. The molecule has 1 aromatic carbocycles. The van der Waals surface area contributed by atoms with Crippen LogP contribution in [0.1, 0.15) is 37.4 Å². The van der Waals surface area contributed by atoms with Gasteiger partial charge in [0.1, 0.15) is 0 Å². The van der Waals surface area contributed by atoms with E-state index >= 15 is 0 Å². The summed E-state index contributed by atoms with van der Waals surface area (Å²) in [7, 11) is 1.72. The number of hydrogen-bond acceptors (Lipinski definition) is 3. The van der Waals surface area contributed by atoms with E-state index in [0.717, 1.165) is 32.2 Å². The van der Waals surface area contributed by atoms with Crippen molar-refractivity contribution in [1.82, 2.24) is 5.32 Å². The molecule has 4 nitrogen and oxygen atoms in total. The zero-order valence-electron chi connectivity index (χ0n) is 11.9. The van der Waals surface area contributed by atoms with Gasteiger partial charge in [-0.3, -0.25) is 4.79 Å². The van der Waals surface area contributed by atoms with Crippen LogP contribution in [0.4, 0.5) is 0 Å². The summed E-state index contributed by atoms with van der Waals surface area (Å²) in [5, 5.41) is 12.5. The van der Waals surface area contributed by atoms with Crippen molar-refractivity contribution in [2.45, 2.75) is 37.8 Å². The van der Waals surface area contributed by atoms with Gasteiger partial charge in [0.05, 0.1) is 12.0 Å². The molecule has 0 aromatic heterocycles. The Morgan fingerprint density at radius 2 is 1.95 bits per heavy atom. The number of nitrogens with one attached hydrogen (secondary N) is 1. The second-order valence-corrected chi connectivity index (χ2v) is 5.43. The van der Waals surface area contributed by atoms with Crippen molar-refractivity contribution in [2.24, 2.45) is 5.92 Å². The van der Waals surface area contributed by atoms with Gasteiger partial charge in [-0.05, 0) is 31.2 Å². The molecule has 2 N–H and O–H groups in total. The molecule has 0 amide bonds. The van der Waals surface area contributed by atoms with E-state index in [9.17, 15) is 4.79 Å². The van der Waals surface area contributed by atoms with Crippen LogP contribution in [0, 0.1) is 5.92 Å². The highest BCUT2D eigenvalue weighted by molar-refractivity contribution is 5.70. The molecule has 4 heteroatoms. The number of hydrogen-bond donors (Lipinski definition) is 2. The summed E-state index contributed by atoms with van der Waals surface area (Å²) in [6, 6.07) is 10.6. The maximum Gasteiger partial charge on any atom is 0.306 e. The third-order valence-electron chi connectivity index (χ3n) is 4.12. The number of benzene rings is 1. The van der Waals surface area contributed by atoms with E-state index in [1.807, 2.05) is 18.2 Å². The summed E-state index contributed by atoms with van der Waals surface area (Å²) in [5.74, 6) is -0.803. The minimum Gasteiger partial charge on any atom is -0.481 e. The number of ether oxygens (including phenoxy) is 1. The second kappa shape index (κ2) is 7.41. The molecule has 20 heavy (non-hydrogen) atoms. The maximum absolute atomic E-state index is 10.9. The van der Waals surface area contributed by atoms with E-state index in [1.54, 1.807) is 7.11 Å². The molecule has 1 unspecified atom stereocenters. The summed E-state index contributed by atoms with van der Waals surface area (Å²) in [6.07, 6.45) is 3.46. The van der Waals surface area contributed by atoms with Crippen LogP contribution in [-0.4, -0.2) is 30.8 Å². The molecule has 110 valence electrons. The Hall–Kier alpha value is -1.39. The number of rotatable bonds is 6. The highest BCUT2D eigenvalue weighted by Crippen LogP contribution is 2.25. The zero-order valence-corrected chi connectivity index (χ0v) is 11.9. The lowest BCUT2D eigenvalue weighted by atomic mass is 9.86. The van der Waals surface area contributed by atoms with Gasteiger partial charge in [0.15, 0.2) is 0 Å². The van der Waals surface area contributed by atoms with Crippen molar-refractivity contribution in [2.75, 3.05) is 13.7 Å². The van der Waals surface area contributed by atoms with Gasteiger partial charge in [-0.15, -0.1) is 0 Å². The normalized spacial score (nSPS) is 24.2. The number of carboxylic acid groups (broad SMARTS) is 1. The van der Waals surface area contributed by atoms with Gasteiger partial charge in [0.25, 0.3) is 0 Å². The van der Waals surface area contributed by atoms with Crippen molar-refractivity contribution >= 4 is 5.97 Å². The number of aliphatic carboxylic acids is 1. The van der Waals surface area contributed by atoms with Crippen molar-refractivity contribution in [3.63, 3.8) is 0 Å². The van der Waals surface area contributed by atoms with Crippen molar-refractivity contribution in [3.8, 4) is 0 Å². The minimum atomic E-state index is -0.650. The van der Waals surface area contributed by atoms with Crippen LogP contribution in [0.15, 0.2) is 30.3 Å². The summed E-state index contributed by atoms with van der Waals surface area (Å²) in [6.45, 7) is 0.767. The number of methoxy groups -OCH3 is 1. The van der Waals surface area contributed by atoms with Crippen LogP contribution >= 0.6 is 0 Å². The van der Waals surface area contributed by atoms with Crippen molar-refractivity contribution in [1.29, 1.82) is 0 Å². The van der Waals surface area contributed by atoms with E-state index < -0.39 is 5.97 Å². The lowest BCUT2D eigenvalue weighted by Gasteiger charge is -2.28. The molecule has 0 heterocycles. The molecule has 1 fully saturated rings. The van der Waals surface area contributed by atoms with Gasteiger partial charge in [-0.2, -0.15) is 0 Å². The van der Waals surface area contributed by atoms with Gasteiger partial charge in [0.2, 0.25) is 0 Å². The standard InChI is InChI=1S/C16H23NO3/c1-20-15(12-5-3-2-4-6-12)11-17-14-9-7-13(8-10-14)16(18)19/h2-6,13-15,17H,7-11H2,1H3,(H,18,19). The number of carbonyl (C=O) groups is 1. The smallest absolute Gasteiger partial charge is 0.306 e. The van der Waals surface area contributed by atoms with Crippen LogP contribution in [0.3, 0.4) is 0 Å². The largest absolute Gasteiger partial charge is 0.481 e. The van der Waals surface area contributed by atoms with Gasteiger partial charge < -0.3 is 15.2 Å². The lowest BCUT2D eigenvalue weighted by Crippen LogP contribution is -2.37. The van der Waals surface area contributed by atoms with E-state index in [2.05, 4.69) is 17.4 Å². The Labute approximate surface area is 120 Å². The molecule has 0 aliphatic heterocycles. The highest BCUT2D eigenvalue weighted by Gasteiger charge is 2.26. The molecule has 0 bridgehead atoms. The van der Waals surface area contributed by atoms with Gasteiger partial charge in [-0.1, -0.05) is 30.3 Å². The molecule has 1 aromatic rings. The minimum absolute atomic E-state index is 0.0494. The third-order valence-corrected chi connectivity index (χ3v) is 4.12. The molecule has 0 radical (unpaired) electrons. The molecular formula is C16H23NO3. The first-order valence-corrected chi connectivity index (χ1v) is 7.24. The lowest BCUT2D eigenvalue weighted by molar-refractivity contribution is -0.142. The van der Waals surface area contributed by atoms with E-state index in [1.165, 1.54) is 5.56 Å². The topological polar surface area (TPSA) is 58.6 Å². The fourth-order valence-electron chi connectivity index (χ4n) is 2.82. The molecule has 1 aliphatic rings. The molecule has 1 saturated carbocycles. The first-order chi connectivity index (χ1) is 9.70. The van der Waals surface area contributed by atoms with Gasteiger partial charge in [0, 0.05) is 19.7 Å². The first kappa shape index (κ1) is 15.0. The third kappa shape index (κ3) is 4.05. The van der Waals surface area contributed by atoms with E-state index in [4.69, 9.17) is 9.84 Å². The Morgan fingerprint density at radius 1 is 1.30 bits per heavy atom. The Morgan fingerprint density at radius 3 is 2.50 bits per heavy atom. The monoisotopic (exact) mass is 277 g/mol. The Kier molecular flexibility index (Phi) is 5.56. The average Bonchev–Trinajstić information content (AvgIpc) is 2.49. The zero-order chi connectivity index (χ0) is 14.4. The molecule has 1 atom stereocenters. The van der Waals surface area contributed by atoms with Crippen LogP contribution < -0.4 is 5.32 Å². The van der Waals surface area contributed by atoms with Gasteiger partial charge in [-0.25, -0.2) is 0 Å². The van der Waals surface area contributed by atoms with Gasteiger partial charge >= 0.3 is 5.97 Å². The van der Waals surface area contributed by atoms with Crippen LogP contribution in [0.5, 0.6) is 0 Å². The predicted molar refractivity (Wildman–Crippen MR) is 77.6 cm³/mol. The molecule has 0 saturated heterocycles. The highest BCUT2D eigenvalue weighted by atomic mass is 16.5. The molecule has 2 rings (SSSR count). The van der Waals surface area contributed by atoms with E-state index in [-0.39, 0.29) is 12.0 Å². The Bertz CT molecular complexity index is 413. The predicted octanol–water partition coefficient (Wildman–Crippen LogP) is 2.61. The maximum atomic E-state index is 10.9. The molecule has 0 spiro atoms. The summed E-state index contributed by atoms with van der Waals surface area (Å²) < 4.78 is 5.53. The SMILES string of the molecule is COC(CNC1CCC(C(=O)O)CC1)c1ccccc1. The quantitative estimate of drug-likeness (QED) is 0.839. The van der Waals surface area contributed by atoms with Crippen LogP contribution in [0.25, 0.3) is 0 Å². The number of carboxylic acids is 1. The van der Waals surface area contributed by atoms with E-state index in [0.29, 0.717) is 6.04 Å². The van der Waals surface area contributed by atoms with Crippen molar-refractivity contribution in [3.05, 3.63) is 35.9 Å². The molecule has 1 aliphatic carbocycles. The average molecular weight is 277 g/mol. The fraction of sp³-hybridized carbons (Fsp3) is 0.562. The summed E-state index contributed by atoms with van der Waals surface area (Å²) in [5.41, 5.74) is 1.17. The van der Waals surface area contributed by atoms with Crippen molar-refractivity contribution < 1.29 is 14.6 Å². The summed E-state index contributed by atoms with van der Waals surface area (Å²) >= 11 is 0. The van der Waals surface area contributed by atoms with Crippen LogP contribution in [-0.2, 0) is 9.53 Å². The first-order valence-electron chi connectivity index (χ1n) is 7.24.